The van der Waals surface area contributed by atoms with E-state index < -0.39 is 0 Å². The Hall–Kier alpha value is -3.81. The molecule has 1 aromatic carbocycles. The second-order valence-electron chi connectivity index (χ2n) is 7.13. The molecule has 0 amide bonds. The molecule has 1 atom stereocenters. The standard InChI is InChI=1S/C21H20N8/c1-12(28-21-19-20(23-10-22-19)24-11-25-21)17-7-14-5-4-6-16(18(14)13(2)27-17)15-8-26-29(3)9-15/h4-12H,1-3H3,(H2,22,23,24,25,28)/t12-/m0/s1. The summed E-state index contributed by atoms with van der Waals surface area (Å²) < 4.78 is 1.81. The molecule has 5 rings (SSSR count). The first-order chi connectivity index (χ1) is 14.1. The second kappa shape index (κ2) is 6.66. The summed E-state index contributed by atoms with van der Waals surface area (Å²) in [6.07, 6.45) is 7.05. The maximum absolute atomic E-state index is 4.90. The average molecular weight is 384 g/mol. The van der Waals surface area contributed by atoms with Crippen LogP contribution in [0.2, 0.25) is 0 Å². The third-order valence-corrected chi connectivity index (χ3v) is 5.09. The molecule has 0 aliphatic rings. The minimum Gasteiger partial charge on any atom is -0.360 e. The van der Waals surface area contributed by atoms with Crippen LogP contribution in [0.1, 0.15) is 24.4 Å². The molecule has 0 aliphatic heterocycles. The predicted octanol–water partition coefficient (Wildman–Crippen LogP) is 3.78. The van der Waals surface area contributed by atoms with Crippen LogP contribution >= 0.6 is 0 Å². The van der Waals surface area contributed by atoms with Gasteiger partial charge in [-0.1, -0.05) is 18.2 Å². The van der Waals surface area contributed by atoms with E-state index in [9.17, 15) is 0 Å². The first-order valence-electron chi connectivity index (χ1n) is 9.40. The highest BCUT2D eigenvalue weighted by molar-refractivity contribution is 5.98. The quantitative estimate of drug-likeness (QED) is 0.489. The Bertz CT molecular complexity index is 1330. The van der Waals surface area contributed by atoms with Crippen molar-refractivity contribution in [3.05, 3.63) is 60.7 Å². The fraction of sp³-hybridized carbons (Fsp3) is 0.190. The monoisotopic (exact) mass is 384 g/mol. The Balaban J connectivity index is 1.55. The molecule has 0 spiro atoms. The summed E-state index contributed by atoms with van der Waals surface area (Å²) in [5.41, 5.74) is 5.58. The molecule has 144 valence electrons. The van der Waals surface area contributed by atoms with Crippen molar-refractivity contribution >= 4 is 27.8 Å². The summed E-state index contributed by atoms with van der Waals surface area (Å²) in [4.78, 5) is 20.7. The fourth-order valence-corrected chi connectivity index (χ4v) is 3.71. The first-order valence-corrected chi connectivity index (χ1v) is 9.40. The van der Waals surface area contributed by atoms with Crippen molar-refractivity contribution in [1.82, 2.24) is 34.7 Å². The molecule has 8 heteroatoms. The Labute approximate surface area is 167 Å². The Morgan fingerprint density at radius 1 is 1.17 bits per heavy atom. The highest BCUT2D eigenvalue weighted by Crippen LogP contribution is 2.32. The number of anilines is 1. The van der Waals surface area contributed by atoms with E-state index in [-0.39, 0.29) is 6.04 Å². The van der Waals surface area contributed by atoms with Crippen LogP contribution in [0.25, 0.3) is 33.1 Å². The van der Waals surface area contributed by atoms with Crippen molar-refractivity contribution in [2.24, 2.45) is 7.05 Å². The highest BCUT2D eigenvalue weighted by atomic mass is 15.2. The van der Waals surface area contributed by atoms with E-state index in [1.54, 1.807) is 6.33 Å². The van der Waals surface area contributed by atoms with Crippen molar-refractivity contribution in [3.63, 3.8) is 0 Å². The van der Waals surface area contributed by atoms with E-state index in [4.69, 9.17) is 4.98 Å². The molecule has 0 saturated carbocycles. The highest BCUT2D eigenvalue weighted by Gasteiger charge is 2.15. The molecule has 2 N–H and O–H groups in total. The molecule has 29 heavy (non-hydrogen) atoms. The first kappa shape index (κ1) is 17.3. The predicted molar refractivity (Wildman–Crippen MR) is 112 cm³/mol. The smallest absolute Gasteiger partial charge is 0.162 e. The molecule has 4 heterocycles. The zero-order valence-electron chi connectivity index (χ0n) is 16.4. The molecule has 0 radical (unpaired) electrons. The summed E-state index contributed by atoms with van der Waals surface area (Å²) in [5, 5.41) is 10.0. The summed E-state index contributed by atoms with van der Waals surface area (Å²) in [7, 11) is 1.93. The van der Waals surface area contributed by atoms with Gasteiger partial charge in [-0.2, -0.15) is 5.10 Å². The second-order valence-corrected chi connectivity index (χ2v) is 7.13. The van der Waals surface area contributed by atoms with Gasteiger partial charge < -0.3 is 10.3 Å². The lowest BCUT2D eigenvalue weighted by atomic mass is 9.98. The number of aryl methyl sites for hydroxylation is 2. The zero-order chi connectivity index (χ0) is 20.0. The number of aromatic nitrogens is 7. The van der Waals surface area contributed by atoms with Gasteiger partial charge in [0.1, 0.15) is 11.8 Å². The number of rotatable bonds is 4. The van der Waals surface area contributed by atoms with Gasteiger partial charge in [-0.05, 0) is 30.9 Å². The molecule has 5 aromatic rings. The van der Waals surface area contributed by atoms with Crippen LogP contribution < -0.4 is 5.32 Å². The van der Waals surface area contributed by atoms with Crippen LogP contribution in [0, 0.1) is 6.92 Å². The minimum absolute atomic E-state index is 0.0463. The molecule has 0 aliphatic carbocycles. The summed E-state index contributed by atoms with van der Waals surface area (Å²) in [6.45, 7) is 4.12. The van der Waals surface area contributed by atoms with Gasteiger partial charge in [0.15, 0.2) is 11.5 Å². The maximum Gasteiger partial charge on any atom is 0.162 e. The van der Waals surface area contributed by atoms with Gasteiger partial charge in [-0.25, -0.2) is 15.0 Å². The summed E-state index contributed by atoms with van der Waals surface area (Å²) >= 11 is 0. The summed E-state index contributed by atoms with van der Waals surface area (Å²) in [5.74, 6) is 0.687. The van der Waals surface area contributed by atoms with Crippen LogP contribution in [0.15, 0.2) is 49.3 Å². The number of fused-ring (bicyclic) bond motifs is 2. The molecule has 0 fully saturated rings. The van der Waals surface area contributed by atoms with E-state index in [1.165, 1.54) is 6.33 Å². The number of hydrogen-bond acceptors (Lipinski definition) is 6. The summed E-state index contributed by atoms with van der Waals surface area (Å²) in [6, 6.07) is 8.39. The SMILES string of the molecule is Cc1nc([C@H](C)Nc2ncnc3[nH]cnc23)cc2cccc(-c3cnn(C)c3)c12. The van der Waals surface area contributed by atoms with Crippen LogP contribution in [-0.4, -0.2) is 34.7 Å². The van der Waals surface area contributed by atoms with Crippen molar-refractivity contribution < 1.29 is 0 Å². The number of hydrogen-bond donors (Lipinski definition) is 2. The number of H-pyrrole nitrogens is 1. The van der Waals surface area contributed by atoms with E-state index in [2.05, 4.69) is 68.5 Å². The molecule has 8 nitrogen and oxygen atoms in total. The van der Waals surface area contributed by atoms with Gasteiger partial charge in [-0.15, -0.1) is 0 Å². The van der Waals surface area contributed by atoms with Crippen molar-refractivity contribution in [2.75, 3.05) is 5.32 Å². The number of nitrogens with one attached hydrogen (secondary N) is 2. The topological polar surface area (TPSA) is 97.2 Å². The number of imidazole rings is 1. The zero-order valence-corrected chi connectivity index (χ0v) is 16.4. The molecular weight excluding hydrogens is 364 g/mol. The van der Waals surface area contributed by atoms with Crippen LogP contribution in [0.3, 0.4) is 0 Å². The van der Waals surface area contributed by atoms with E-state index in [1.807, 2.05) is 24.1 Å². The van der Waals surface area contributed by atoms with E-state index in [0.29, 0.717) is 11.5 Å². The number of aromatic amines is 1. The lowest BCUT2D eigenvalue weighted by molar-refractivity contribution is 0.768. The van der Waals surface area contributed by atoms with Crippen molar-refractivity contribution in [1.29, 1.82) is 0 Å². The van der Waals surface area contributed by atoms with Crippen molar-refractivity contribution in [3.8, 4) is 11.1 Å². The third kappa shape index (κ3) is 2.98. The number of benzene rings is 1. The lowest BCUT2D eigenvalue weighted by Crippen LogP contribution is -2.11. The van der Waals surface area contributed by atoms with Gasteiger partial charge in [0, 0.05) is 29.9 Å². The largest absolute Gasteiger partial charge is 0.360 e. The minimum atomic E-state index is -0.0463. The Morgan fingerprint density at radius 3 is 2.90 bits per heavy atom. The van der Waals surface area contributed by atoms with Crippen LogP contribution in [0.5, 0.6) is 0 Å². The molecular formula is C21H20N8. The van der Waals surface area contributed by atoms with E-state index in [0.717, 1.165) is 38.8 Å². The average Bonchev–Trinajstić information content (AvgIpc) is 3.37. The molecule has 0 bridgehead atoms. The van der Waals surface area contributed by atoms with Crippen LogP contribution in [-0.2, 0) is 7.05 Å². The molecule has 0 saturated heterocycles. The van der Waals surface area contributed by atoms with E-state index >= 15 is 0 Å². The lowest BCUT2D eigenvalue weighted by Gasteiger charge is -2.17. The number of nitrogens with zero attached hydrogens (tertiary/aromatic N) is 6. The van der Waals surface area contributed by atoms with Gasteiger partial charge in [-0.3, -0.25) is 9.67 Å². The van der Waals surface area contributed by atoms with Crippen molar-refractivity contribution in [2.45, 2.75) is 19.9 Å². The Morgan fingerprint density at radius 2 is 2.07 bits per heavy atom. The third-order valence-electron chi connectivity index (χ3n) is 5.09. The van der Waals surface area contributed by atoms with Gasteiger partial charge >= 0.3 is 0 Å². The molecule has 0 unspecified atom stereocenters. The normalized spacial score (nSPS) is 12.5. The Kier molecular flexibility index (Phi) is 3.97. The number of pyridine rings is 1. The van der Waals surface area contributed by atoms with Crippen LogP contribution in [0.4, 0.5) is 5.82 Å². The van der Waals surface area contributed by atoms with Gasteiger partial charge in [0.05, 0.1) is 24.3 Å². The maximum atomic E-state index is 4.90. The van der Waals surface area contributed by atoms with Gasteiger partial charge in [0.2, 0.25) is 0 Å². The molecule has 4 aromatic heterocycles. The van der Waals surface area contributed by atoms with Gasteiger partial charge in [0.25, 0.3) is 0 Å². The fourth-order valence-electron chi connectivity index (χ4n) is 3.71.